The van der Waals surface area contributed by atoms with Crippen LogP contribution in [0.1, 0.15) is 60.8 Å². The first kappa shape index (κ1) is 22.6. The van der Waals surface area contributed by atoms with E-state index in [1.807, 2.05) is 20.8 Å². The highest BCUT2D eigenvalue weighted by molar-refractivity contribution is 5.71. The van der Waals surface area contributed by atoms with E-state index in [9.17, 15) is 14.7 Å². The second-order valence-corrected chi connectivity index (χ2v) is 7.71. The molecule has 0 amide bonds. The van der Waals surface area contributed by atoms with E-state index in [0.29, 0.717) is 19.4 Å². The van der Waals surface area contributed by atoms with E-state index in [2.05, 4.69) is 6.58 Å². The molecule has 1 saturated heterocycles. The summed E-state index contributed by atoms with van der Waals surface area (Å²) < 4.78 is 15.0. The lowest BCUT2D eigenvalue weighted by molar-refractivity contribution is -0.157. The summed E-state index contributed by atoms with van der Waals surface area (Å²) in [6.07, 6.45) is 1.88. The first-order chi connectivity index (χ1) is 10.8. The highest BCUT2D eigenvalue weighted by atomic mass is 16.6. The molecule has 0 aromatic carbocycles. The average molecular weight is 344 g/mol. The molecule has 140 valence electrons. The van der Waals surface area contributed by atoms with E-state index in [4.69, 9.17) is 14.2 Å². The van der Waals surface area contributed by atoms with Crippen molar-refractivity contribution in [3.63, 3.8) is 0 Å². The molecule has 0 aromatic heterocycles. The molecule has 0 unspecified atom stereocenters. The van der Waals surface area contributed by atoms with E-state index >= 15 is 0 Å². The van der Waals surface area contributed by atoms with Crippen molar-refractivity contribution in [2.24, 2.45) is 0 Å². The van der Waals surface area contributed by atoms with Crippen molar-refractivity contribution in [3.05, 3.63) is 12.7 Å². The fourth-order valence-corrected chi connectivity index (χ4v) is 1.61. The summed E-state index contributed by atoms with van der Waals surface area (Å²) in [6, 6.07) is 0. The summed E-state index contributed by atoms with van der Waals surface area (Å²) >= 11 is 0. The van der Waals surface area contributed by atoms with Gasteiger partial charge < -0.3 is 19.3 Å². The van der Waals surface area contributed by atoms with Crippen molar-refractivity contribution < 1.29 is 28.9 Å². The topological polar surface area (TPSA) is 85.4 Å². The standard InChI is InChI=1S/C10H18O3.C8H14O3/c1-5-6-8(11)7-9(12)13-10(2,3)4;1-8(2,3)11-7(9)4-6-5-10-6/h5,8,11H,1,6-7H2,2-4H3;6H,4-5H2,1-3H3/t8-;6-/m10/s1. The number of esters is 2. The minimum atomic E-state index is -0.674. The summed E-state index contributed by atoms with van der Waals surface area (Å²) in [4.78, 5) is 22.1. The predicted molar refractivity (Wildman–Crippen MR) is 91.5 cm³/mol. The van der Waals surface area contributed by atoms with Crippen molar-refractivity contribution in [2.45, 2.75) is 84.2 Å². The Balaban J connectivity index is 0.000000446. The Morgan fingerprint density at radius 2 is 1.62 bits per heavy atom. The zero-order chi connectivity index (χ0) is 19.0. The highest BCUT2D eigenvalue weighted by Crippen LogP contribution is 2.16. The van der Waals surface area contributed by atoms with Gasteiger partial charge in [-0.1, -0.05) is 6.08 Å². The van der Waals surface area contributed by atoms with Crippen LogP contribution in [0.4, 0.5) is 0 Å². The molecule has 1 fully saturated rings. The summed E-state index contributed by atoms with van der Waals surface area (Å²) in [5, 5.41) is 9.24. The van der Waals surface area contributed by atoms with Gasteiger partial charge in [0.05, 0.1) is 31.7 Å². The molecule has 1 aliphatic heterocycles. The van der Waals surface area contributed by atoms with Crippen LogP contribution in [0.3, 0.4) is 0 Å². The molecule has 6 heteroatoms. The van der Waals surface area contributed by atoms with Crippen molar-refractivity contribution in [1.82, 2.24) is 0 Å². The van der Waals surface area contributed by atoms with Crippen molar-refractivity contribution in [1.29, 1.82) is 0 Å². The highest BCUT2D eigenvalue weighted by Gasteiger charge is 2.28. The lowest BCUT2D eigenvalue weighted by Gasteiger charge is -2.20. The first-order valence-electron chi connectivity index (χ1n) is 8.16. The minimum Gasteiger partial charge on any atom is -0.460 e. The summed E-state index contributed by atoms with van der Waals surface area (Å²) in [5.41, 5.74) is -0.850. The van der Waals surface area contributed by atoms with Crippen LogP contribution in [0.5, 0.6) is 0 Å². The van der Waals surface area contributed by atoms with Crippen molar-refractivity contribution in [3.8, 4) is 0 Å². The zero-order valence-electron chi connectivity index (χ0n) is 15.8. The minimum absolute atomic E-state index is 0.0310. The molecular formula is C18H32O6. The van der Waals surface area contributed by atoms with Crippen LogP contribution in [0, 0.1) is 0 Å². The Morgan fingerprint density at radius 1 is 1.17 bits per heavy atom. The Bertz CT molecular complexity index is 412. The van der Waals surface area contributed by atoms with Crippen LogP contribution in [0.25, 0.3) is 0 Å². The zero-order valence-corrected chi connectivity index (χ0v) is 15.8. The number of carbonyl (C=O) groups excluding carboxylic acids is 2. The first-order valence-corrected chi connectivity index (χ1v) is 8.16. The second-order valence-electron chi connectivity index (χ2n) is 7.71. The van der Waals surface area contributed by atoms with Crippen LogP contribution in [-0.2, 0) is 23.8 Å². The molecule has 0 saturated carbocycles. The van der Waals surface area contributed by atoms with Crippen molar-refractivity contribution in [2.75, 3.05) is 6.61 Å². The summed E-state index contributed by atoms with van der Waals surface area (Å²) in [5.74, 6) is -0.540. The number of epoxide rings is 1. The van der Waals surface area contributed by atoms with Crippen LogP contribution in [0.15, 0.2) is 12.7 Å². The van der Waals surface area contributed by atoms with Gasteiger partial charge in [0.2, 0.25) is 0 Å². The second kappa shape index (κ2) is 9.79. The van der Waals surface area contributed by atoms with Gasteiger partial charge in [0, 0.05) is 0 Å². The van der Waals surface area contributed by atoms with Crippen molar-refractivity contribution >= 4 is 11.9 Å². The smallest absolute Gasteiger partial charge is 0.309 e. The molecule has 2 atom stereocenters. The molecular weight excluding hydrogens is 312 g/mol. The maximum atomic E-state index is 11.1. The number of ether oxygens (including phenoxy) is 3. The third kappa shape index (κ3) is 15.5. The number of aliphatic hydroxyl groups is 1. The predicted octanol–water partition coefficient (Wildman–Crippen LogP) is 2.77. The molecule has 0 aliphatic carbocycles. The third-order valence-corrected chi connectivity index (χ3v) is 2.48. The molecule has 0 bridgehead atoms. The third-order valence-electron chi connectivity index (χ3n) is 2.48. The lowest BCUT2D eigenvalue weighted by Crippen LogP contribution is -2.26. The molecule has 1 rings (SSSR count). The Kier molecular flexibility index (Phi) is 9.22. The van der Waals surface area contributed by atoms with E-state index in [0.717, 1.165) is 0 Å². The quantitative estimate of drug-likeness (QED) is 0.453. The van der Waals surface area contributed by atoms with Gasteiger partial charge in [-0.2, -0.15) is 0 Å². The Hall–Kier alpha value is -1.40. The van der Waals surface area contributed by atoms with Crippen LogP contribution in [-0.4, -0.2) is 47.1 Å². The average Bonchev–Trinajstić information content (AvgIpc) is 3.07. The molecule has 0 radical (unpaired) electrons. The van der Waals surface area contributed by atoms with Gasteiger partial charge in [-0.05, 0) is 48.0 Å². The van der Waals surface area contributed by atoms with Gasteiger partial charge in [0.15, 0.2) is 0 Å². The number of carbonyl (C=O) groups is 2. The maximum absolute atomic E-state index is 11.1. The molecule has 1 N–H and O–H groups in total. The Morgan fingerprint density at radius 3 is 2.00 bits per heavy atom. The maximum Gasteiger partial charge on any atom is 0.309 e. The lowest BCUT2D eigenvalue weighted by atomic mass is 10.1. The number of rotatable bonds is 6. The largest absolute Gasteiger partial charge is 0.460 e. The summed E-state index contributed by atoms with van der Waals surface area (Å²) in [7, 11) is 0. The molecule has 1 aliphatic rings. The van der Waals surface area contributed by atoms with E-state index < -0.39 is 11.7 Å². The van der Waals surface area contributed by atoms with Gasteiger partial charge >= 0.3 is 11.9 Å². The number of hydrogen-bond acceptors (Lipinski definition) is 6. The number of hydrogen-bond donors (Lipinski definition) is 1. The van der Waals surface area contributed by atoms with E-state index in [1.54, 1.807) is 26.8 Å². The van der Waals surface area contributed by atoms with Crippen LogP contribution < -0.4 is 0 Å². The van der Waals surface area contributed by atoms with Crippen LogP contribution >= 0.6 is 0 Å². The van der Waals surface area contributed by atoms with Crippen LogP contribution in [0.2, 0.25) is 0 Å². The van der Waals surface area contributed by atoms with Gasteiger partial charge in [0.1, 0.15) is 11.2 Å². The van der Waals surface area contributed by atoms with Gasteiger partial charge in [-0.25, -0.2) is 0 Å². The Labute approximate surface area is 145 Å². The normalized spacial score (nSPS) is 17.9. The molecule has 1 heterocycles. The van der Waals surface area contributed by atoms with E-state index in [1.165, 1.54) is 0 Å². The van der Waals surface area contributed by atoms with Gasteiger partial charge in [-0.3, -0.25) is 9.59 Å². The molecule has 0 aromatic rings. The molecule has 24 heavy (non-hydrogen) atoms. The fraction of sp³-hybridized carbons (Fsp3) is 0.778. The molecule has 6 nitrogen and oxygen atoms in total. The van der Waals surface area contributed by atoms with Gasteiger partial charge in [-0.15, -0.1) is 6.58 Å². The summed E-state index contributed by atoms with van der Waals surface area (Å²) in [6.45, 7) is 15.1. The van der Waals surface area contributed by atoms with E-state index in [-0.39, 0.29) is 30.1 Å². The molecule has 0 spiro atoms. The number of aliphatic hydroxyl groups excluding tert-OH is 1. The monoisotopic (exact) mass is 344 g/mol. The SMILES string of the molecule is C=CC[C@@H](O)CC(=O)OC(C)(C)C.CC(C)(C)OC(=O)C[C@H]1CO1. The van der Waals surface area contributed by atoms with Gasteiger partial charge in [0.25, 0.3) is 0 Å². The fourth-order valence-electron chi connectivity index (χ4n) is 1.61.